The summed E-state index contributed by atoms with van der Waals surface area (Å²) in [5.41, 5.74) is 5.40. The number of likely N-dealkylation sites (tertiary alicyclic amines) is 1. The summed E-state index contributed by atoms with van der Waals surface area (Å²) < 4.78 is 0. The van der Waals surface area contributed by atoms with E-state index in [9.17, 15) is 9.59 Å². The first-order valence-electron chi connectivity index (χ1n) is 8.28. The van der Waals surface area contributed by atoms with Crippen molar-refractivity contribution < 1.29 is 9.59 Å². The summed E-state index contributed by atoms with van der Waals surface area (Å²) in [4.78, 5) is 26.9. The Morgan fingerprint density at radius 2 is 1.96 bits per heavy atom. The molecule has 2 amide bonds. The van der Waals surface area contributed by atoms with Gasteiger partial charge in [0.1, 0.15) is 0 Å². The van der Waals surface area contributed by atoms with Crippen LogP contribution in [0, 0.1) is 5.92 Å². The Bertz CT molecular complexity index is 762. The lowest BCUT2D eigenvalue weighted by atomic mass is 9.97. The van der Waals surface area contributed by atoms with Crippen molar-refractivity contribution >= 4 is 34.3 Å². The number of nitrogens with two attached hydrogens (primary N) is 1. The van der Waals surface area contributed by atoms with E-state index in [0.717, 1.165) is 17.7 Å². The number of rotatable bonds is 4. The third-order valence-electron chi connectivity index (χ3n) is 4.52. The van der Waals surface area contributed by atoms with Crippen molar-refractivity contribution in [3.05, 3.63) is 42.5 Å². The molecule has 1 heterocycles. The Balaban J connectivity index is 1.67. The predicted molar refractivity (Wildman–Crippen MR) is 97.8 cm³/mol. The highest BCUT2D eigenvalue weighted by Crippen LogP contribution is 2.29. The Hall–Kier alpha value is -2.01. The van der Waals surface area contributed by atoms with E-state index >= 15 is 0 Å². The van der Waals surface area contributed by atoms with Crippen LogP contribution >= 0.6 is 11.8 Å². The smallest absolute Gasteiger partial charge is 0.235 e. The van der Waals surface area contributed by atoms with Crippen LogP contribution in [0.3, 0.4) is 0 Å². The lowest BCUT2D eigenvalue weighted by Crippen LogP contribution is -2.46. The first kappa shape index (κ1) is 16.8. The molecule has 1 aliphatic heterocycles. The van der Waals surface area contributed by atoms with Crippen LogP contribution < -0.4 is 5.73 Å². The van der Waals surface area contributed by atoms with Gasteiger partial charge < -0.3 is 10.6 Å². The number of primary amides is 1. The Morgan fingerprint density at radius 3 is 2.71 bits per heavy atom. The number of fused-ring (bicyclic) bond motifs is 1. The van der Waals surface area contributed by atoms with Gasteiger partial charge in [-0.3, -0.25) is 9.59 Å². The molecule has 2 aromatic carbocycles. The van der Waals surface area contributed by atoms with Gasteiger partial charge in [0.25, 0.3) is 0 Å². The molecule has 2 aromatic rings. The monoisotopic (exact) mass is 342 g/mol. The van der Waals surface area contributed by atoms with Gasteiger partial charge in [0, 0.05) is 18.0 Å². The second kappa shape index (κ2) is 7.26. The molecule has 5 heteroatoms. The molecule has 1 saturated heterocycles. The summed E-state index contributed by atoms with van der Waals surface area (Å²) in [5.74, 6) is -0.429. The molecule has 24 heavy (non-hydrogen) atoms. The fourth-order valence-corrected chi connectivity index (χ4v) is 4.16. The van der Waals surface area contributed by atoms with Crippen molar-refractivity contribution in [2.45, 2.75) is 29.9 Å². The largest absolute Gasteiger partial charge is 0.369 e. The molecule has 2 atom stereocenters. The van der Waals surface area contributed by atoms with E-state index < -0.39 is 0 Å². The standard InChI is InChI=1S/C19H22N2O2S/c1-13(19(23)21-10-4-7-16(12-21)18(20)22)24-17-9-8-14-5-2-3-6-15(14)11-17/h2-3,5-6,8-9,11,13,16H,4,7,10,12H2,1H3,(H2,20,22)/t13-,16+/m1/s1. The first-order valence-corrected chi connectivity index (χ1v) is 9.16. The summed E-state index contributed by atoms with van der Waals surface area (Å²) in [6, 6.07) is 14.4. The van der Waals surface area contributed by atoms with Crippen LogP contribution in [0.5, 0.6) is 0 Å². The van der Waals surface area contributed by atoms with Crippen molar-refractivity contribution in [1.29, 1.82) is 0 Å². The maximum Gasteiger partial charge on any atom is 0.235 e. The topological polar surface area (TPSA) is 63.4 Å². The quantitative estimate of drug-likeness (QED) is 0.869. The van der Waals surface area contributed by atoms with Gasteiger partial charge in [0.15, 0.2) is 0 Å². The predicted octanol–water partition coefficient (Wildman–Crippen LogP) is 3.04. The maximum absolute atomic E-state index is 12.7. The number of hydrogen-bond donors (Lipinski definition) is 1. The molecule has 0 aromatic heterocycles. The molecule has 4 nitrogen and oxygen atoms in total. The molecule has 0 aliphatic carbocycles. The summed E-state index contributed by atoms with van der Waals surface area (Å²) >= 11 is 1.56. The summed E-state index contributed by atoms with van der Waals surface area (Å²) in [6.45, 7) is 3.10. The van der Waals surface area contributed by atoms with Crippen LogP contribution in [0.25, 0.3) is 10.8 Å². The second-order valence-corrected chi connectivity index (χ2v) is 7.71. The Morgan fingerprint density at radius 1 is 1.21 bits per heavy atom. The lowest BCUT2D eigenvalue weighted by Gasteiger charge is -2.32. The maximum atomic E-state index is 12.7. The van der Waals surface area contributed by atoms with Crippen molar-refractivity contribution in [2.24, 2.45) is 11.7 Å². The molecular formula is C19H22N2O2S. The van der Waals surface area contributed by atoms with E-state index in [-0.39, 0.29) is 23.0 Å². The van der Waals surface area contributed by atoms with Gasteiger partial charge in [0.05, 0.1) is 11.2 Å². The average Bonchev–Trinajstić information content (AvgIpc) is 2.61. The van der Waals surface area contributed by atoms with E-state index in [1.54, 1.807) is 16.7 Å². The number of nitrogens with zero attached hydrogens (tertiary/aromatic N) is 1. The van der Waals surface area contributed by atoms with Gasteiger partial charge >= 0.3 is 0 Å². The summed E-state index contributed by atoms with van der Waals surface area (Å²) in [7, 11) is 0. The second-order valence-electron chi connectivity index (χ2n) is 6.29. The molecule has 0 saturated carbocycles. The number of piperidine rings is 1. The first-order chi connectivity index (χ1) is 11.5. The SMILES string of the molecule is C[C@@H](Sc1ccc2ccccc2c1)C(=O)N1CCC[C@H](C(N)=O)C1. The van der Waals surface area contributed by atoms with Gasteiger partial charge in [-0.25, -0.2) is 0 Å². The third kappa shape index (κ3) is 3.73. The zero-order valence-corrected chi connectivity index (χ0v) is 14.6. The van der Waals surface area contributed by atoms with Crippen LogP contribution in [0.4, 0.5) is 0 Å². The van der Waals surface area contributed by atoms with Crippen molar-refractivity contribution in [3.8, 4) is 0 Å². The fourth-order valence-electron chi connectivity index (χ4n) is 3.16. The highest BCUT2D eigenvalue weighted by Gasteiger charge is 2.29. The summed E-state index contributed by atoms with van der Waals surface area (Å²) in [5, 5.41) is 2.19. The highest BCUT2D eigenvalue weighted by atomic mass is 32.2. The van der Waals surface area contributed by atoms with Gasteiger partial charge in [0.2, 0.25) is 11.8 Å². The van der Waals surface area contributed by atoms with Crippen LogP contribution in [-0.2, 0) is 9.59 Å². The van der Waals surface area contributed by atoms with E-state index in [4.69, 9.17) is 5.73 Å². The molecule has 3 rings (SSSR count). The third-order valence-corrected chi connectivity index (χ3v) is 5.60. The molecule has 2 N–H and O–H groups in total. The van der Waals surface area contributed by atoms with Gasteiger partial charge in [-0.05, 0) is 42.7 Å². The zero-order chi connectivity index (χ0) is 17.1. The number of thioether (sulfide) groups is 1. The highest BCUT2D eigenvalue weighted by molar-refractivity contribution is 8.00. The number of hydrogen-bond acceptors (Lipinski definition) is 3. The van der Waals surface area contributed by atoms with Crippen molar-refractivity contribution in [1.82, 2.24) is 4.90 Å². The number of carbonyl (C=O) groups is 2. The molecule has 0 bridgehead atoms. The molecule has 0 spiro atoms. The van der Waals surface area contributed by atoms with Crippen molar-refractivity contribution in [3.63, 3.8) is 0 Å². The van der Waals surface area contributed by atoms with E-state index in [1.165, 1.54) is 10.8 Å². The molecule has 1 aliphatic rings. The zero-order valence-electron chi connectivity index (χ0n) is 13.8. The molecule has 126 valence electrons. The number of benzene rings is 2. The van der Waals surface area contributed by atoms with E-state index in [2.05, 4.69) is 30.3 Å². The summed E-state index contributed by atoms with van der Waals surface area (Å²) in [6.07, 6.45) is 1.62. The van der Waals surface area contributed by atoms with Crippen LogP contribution in [-0.4, -0.2) is 35.1 Å². The number of carbonyl (C=O) groups excluding carboxylic acids is 2. The van der Waals surface area contributed by atoms with Gasteiger partial charge in [-0.2, -0.15) is 0 Å². The minimum absolute atomic E-state index is 0.0825. The molecule has 0 radical (unpaired) electrons. The van der Waals surface area contributed by atoms with Crippen LogP contribution in [0.15, 0.2) is 47.4 Å². The molecule has 1 fully saturated rings. The number of amides is 2. The van der Waals surface area contributed by atoms with Crippen LogP contribution in [0.1, 0.15) is 19.8 Å². The minimum atomic E-state index is -0.303. The van der Waals surface area contributed by atoms with Gasteiger partial charge in [-0.1, -0.05) is 30.3 Å². The Kier molecular flexibility index (Phi) is 5.09. The molecule has 0 unspecified atom stereocenters. The average molecular weight is 342 g/mol. The molecular weight excluding hydrogens is 320 g/mol. The minimum Gasteiger partial charge on any atom is -0.369 e. The van der Waals surface area contributed by atoms with E-state index in [0.29, 0.717) is 13.1 Å². The Labute approximate surface area is 146 Å². The van der Waals surface area contributed by atoms with Crippen molar-refractivity contribution in [2.75, 3.05) is 13.1 Å². The normalized spacial score (nSPS) is 19.2. The van der Waals surface area contributed by atoms with Crippen LogP contribution in [0.2, 0.25) is 0 Å². The lowest BCUT2D eigenvalue weighted by molar-refractivity contribution is -0.134. The van der Waals surface area contributed by atoms with E-state index in [1.807, 2.05) is 19.1 Å². The van der Waals surface area contributed by atoms with Gasteiger partial charge in [-0.15, -0.1) is 11.8 Å². The fraction of sp³-hybridized carbons (Fsp3) is 0.368.